The van der Waals surface area contributed by atoms with Gasteiger partial charge in [0.05, 0.1) is 25.2 Å². The fourth-order valence-electron chi connectivity index (χ4n) is 8.29. The lowest BCUT2D eigenvalue weighted by molar-refractivity contribution is -0.151. The Kier molecular flexibility index (Phi) is 50.1. The third-order valence-corrected chi connectivity index (χ3v) is 12.5. The first-order valence-corrected chi connectivity index (χ1v) is 27.7. The number of aliphatic hydroxyl groups excluding tert-OH is 2. The highest BCUT2D eigenvalue weighted by Gasteiger charge is 2.24. The molecule has 0 aromatic rings. The smallest absolute Gasteiger partial charge is 0.306 e. The monoisotopic (exact) mass is 908 g/mol. The van der Waals surface area contributed by atoms with Gasteiger partial charge >= 0.3 is 5.97 Å². The lowest BCUT2D eigenvalue weighted by Crippen LogP contribution is -2.46. The molecule has 0 spiro atoms. The Morgan fingerprint density at radius 1 is 0.462 bits per heavy atom. The van der Waals surface area contributed by atoms with Gasteiger partial charge in [-0.25, -0.2) is 0 Å². The van der Waals surface area contributed by atoms with Crippen LogP contribution in [0.25, 0.3) is 0 Å². The Labute approximate surface area is 402 Å². The van der Waals surface area contributed by atoms with E-state index in [1.165, 1.54) is 148 Å². The van der Waals surface area contributed by atoms with Gasteiger partial charge in [0.15, 0.2) is 0 Å². The molecule has 0 saturated heterocycles. The van der Waals surface area contributed by atoms with Gasteiger partial charge in [-0.05, 0) is 44.9 Å². The number of carbonyl (C=O) groups excluding carboxylic acids is 2. The molecule has 3 unspecified atom stereocenters. The van der Waals surface area contributed by atoms with Crippen LogP contribution in [0.4, 0.5) is 0 Å². The van der Waals surface area contributed by atoms with E-state index in [1.807, 2.05) is 48.6 Å². The number of hydrogen-bond donors (Lipinski definition) is 3. The van der Waals surface area contributed by atoms with Crippen LogP contribution in [-0.4, -0.2) is 46.9 Å². The van der Waals surface area contributed by atoms with Crippen molar-refractivity contribution in [1.29, 1.82) is 0 Å². The van der Waals surface area contributed by atoms with Crippen molar-refractivity contribution in [2.75, 3.05) is 6.61 Å². The normalized spacial score (nSPS) is 13.7. The highest BCUT2D eigenvalue weighted by molar-refractivity contribution is 5.77. The highest BCUT2D eigenvalue weighted by atomic mass is 16.5. The van der Waals surface area contributed by atoms with E-state index in [1.54, 1.807) is 0 Å². The Morgan fingerprint density at radius 3 is 1.25 bits per heavy atom. The number of nitrogens with one attached hydrogen (secondary N) is 1. The first kappa shape index (κ1) is 62.3. The van der Waals surface area contributed by atoms with Crippen molar-refractivity contribution in [3.63, 3.8) is 0 Å². The van der Waals surface area contributed by atoms with Crippen LogP contribution in [0.5, 0.6) is 0 Å². The fourth-order valence-corrected chi connectivity index (χ4v) is 8.29. The third-order valence-electron chi connectivity index (χ3n) is 12.5. The van der Waals surface area contributed by atoms with Crippen LogP contribution in [0.3, 0.4) is 0 Å². The van der Waals surface area contributed by atoms with Crippen molar-refractivity contribution in [3.05, 3.63) is 72.9 Å². The fraction of sp³-hybridized carbons (Fsp3) is 0.763. The summed E-state index contributed by atoms with van der Waals surface area (Å²) in [7, 11) is 0. The molecule has 0 fully saturated rings. The van der Waals surface area contributed by atoms with E-state index in [9.17, 15) is 19.8 Å². The molecule has 3 atom stereocenters. The summed E-state index contributed by atoms with van der Waals surface area (Å²) in [4.78, 5) is 26.2. The van der Waals surface area contributed by atoms with Crippen LogP contribution >= 0.6 is 0 Å². The molecule has 0 aromatic carbocycles. The number of ether oxygens (including phenoxy) is 1. The van der Waals surface area contributed by atoms with Gasteiger partial charge in [-0.1, -0.05) is 280 Å². The first-order valence-electron chi connectivity index (χ1n) is 27.7. The van der Waals surface area contributed by atoms with Crippen LogP contribution in [-0.2, 0) is 14.3 Å². The van der Waals surface area contributed by atoms with Crippen LogP contribution in [0, 0.1) is 0 Å². The van der Waals surface area contributed by atoms with Gasteiger partial charge in [0, 0.05) is 6.42 Å². The van der Waals surface area contributed by atoms with Crippen molar-refractivity contribution < 1.29 is 24.5 Å². The summed E-state index contributed by atoms with van der Waals surface area (Å²) in [5, 5.41) is 23.9. The van der Waals surface area contributed by atoms with Gasteiger partial charge in [-0.3, -0.25) is 9.59 Å². The Bertz CT molecular complexity index is 1200. The average Bonchev–Trinajstić information content (AvgIpc) is 3.30. The lowest BCUT2D eigenvalue weighted by Gasteiger charge is -2.24. The molecule has 3 N–H and O–H groups in total. The van der Waals surface area contributed by atoms with Crippen molar-refractivity contribution in [1.82, 2.24) is 5.32 Å². The summed E-state index contributed by atoms with van der Waals surface area (Å²) < 4.78 is 5.93. The zero-order valence-corrected chi connectivity index (χ0v) is 42.9. The summed E-state index contributed by atoms with van der Waals surface area (Å²) in [5.74, 6) is -0.519. The minimum atomic E-state index is -0.798. The topological polar surface area (TPSA) is 95.9 Å². The zero-order chi connectivity index (χ0) is 47.4. The second kappa shape index (κ2) is 52.3. The van der Waals surface area contributed by atoms with E-state index in [0.29, 0.717) is 19.3 Å². The molecule has 0 aliphatic carbocycles. The molecule has 6 heteroatoms. The number of allylic oxidation sites excluding steroid dienone is 12. The molecule has 0 saturated carbocycles. The number of carbonyl (C=O) groups is 2. The van der Waals surface area contributed by atoms with E-state index in [0.717, 1.165) is 70.6 Å². The van der Waals surface area contributed by atoms with E-state index in [2.05, 4.69) is 50.4 Å². The molecule has 1 amide bonds. The lowest BCUT2D eigenvalue weighted by atomic mass is 10.0. The molecule has 0 heterocycles. The van der Waals surface area contributed by atoms with E-state index in [-0.39, 0.29) is 24.9 Å². The van der Waals surface area contributed by atoms with Gasteiger partial charge in [-0.2, -0.15) is 0 Å². The highest BCUT2D eigenvalue weighted by Crippen LogP contribution is 2.18. The first-order chi connectivity index (χ1) is 32.0. The number of unbranched alkanes of at least 4 members (excludes halogenated alkanes) is 30. The number of rotatable bonds is 49. The molecule has 6 nitrogen and oxygen atoms in total. The summed E-state index contributed by atoms with van der Waals surface area (Å²) in [6.07, 6.45) is 66.7. The maximum atomic E-state index is 13.2. The molecule has 0 bridgehead atoms. The number of esters is 1. The zero-order valence-electron chi connectivity index (χ0n) is 42.9. The molecule has 0 radical (unpaired) electrons. The summed E-state index contributed by atoms with van der Waals surface area (Å²) in [6.45, 7) is 6.35. The van der Waals surface area contributed by atoms with Gasteiger partial charge in [0.1, 0.15) is 6.10 Å². The van der Waals surface area contributed by atoms with Gasteiger partial charge < -0.3 is 20.3 Å². The summed E-state index contributed by atoms with van der Waals surface area (Å²) >= 11 is 0. The predicted octanol–water partition coefficient (Wildman–Crippen LogP) is 17.0. The quantitative estimate of drug-likeness (QED) is 0.0321. The van der Waals surface area contributed by atoms with Gasteiger partial charge in [-0.15, -0.1) is 0 Å². The average molecular weight is 908 g/mol. The van der Waals surface area contributed by atoms with Crippen LogP contribution in [0.1, 0.15) is 265 Å². The predicted molar refractivity (Wildman–Crippen MR) is 282 cm³/mol. The summed E-state index contributed by atoms with van der Waals surface area (Å²) in [5.41, 5.74) is 0. The standard InChI is InChI=1S/C59H105NO5/c1-4-7-10-13-16-19-22-25-27-29-31-33-36-39-42-45-48-51-57(62)56(54-61)60-58(63)53-55(50-47-44-41-38-35-24-21-18-15-12-9-6-3)65-59(64)52-49-46-43-40-37-34-32-30-28-26-23-20-17-14-11-8-5-2/h8,11,14,17,20,23,26,28,30,32,34,37,55-57,61-62H,4-7,9-10,12-13,15-16,18-19,21-22,24-25,27,29,31,33,35-36,38-54H2,1-3H3,(H,60,63)/b11-8-,17-14+,23-20+,28-26-,32-30+,37-34+. The summed E-state index contributed by atoms with van der Waals surface area (Å²) in [6, 6.07) is -0.713. The van der Waals surface area contributed by atoms with Crippen LogP contribution in [0.2, 0.25) is 0 Å². The van der Waals surface area contributed by atoms with Gasteiger partial charge in [0.2, 0.25) is 5.91 Å². The molecule has 0 aromatic heterocycles. The molecular formula is C59H105NO5. The molecule has 0 rings (SSSR count). The number of aliphatic hydroxyl groups is 2. The number of amides is 1. The Morgan fingerprint density at radius 2 is 0.831 bits per heavy atom. The van der Waals surface area contributed by atoms with Crippen molar-refractivity contribution in [3.8, 4) is 0 Å². The Balaban J connectivity index is 4.58. The molecule has 0 aliphatic heterocycles. The molecule has 0 aliphatic rings. The van der Waals surface area contributed by atoms with Crippen molar-refractivity contribution >= 4 is 11.9 Å². The number of hydrogen-bond acceptors (Lipinski definition) is 5. The Hall–Kier alpha value is -2.70. The largest absolute Gasteiger partial charge is 0.462 e. The second-order valence-corrected chi connectivity index (χ2v) is 18.8. The van der Waals surface area contributed by atoms with Gasteiger partial charge in [0.25, 0.3) is 0 Å². The SMILES string of the molecule is CC\C=C/C=C/C=C/C=C\C=C\C=C\CCCCCC(=O)OC(CCCCCCCCCCCCCC)CC(=O)NC(CO)C(O)CCCCCCCCCCCCCCCCCCC. The minimum absolute atomic E-state index is 0.0591. The maximum absolute atomic E-state index is 13.2. The minimum Gasteiger partial charge on any atom is -0.462 e. The van der Waals surface area contributed by atoms with Crippen molar-refractivity contribution in [2.45, 2.75) is 283 Å². The molecule has 65 heavy (non-hydrogen) atoms. The van der Waals surface area contributed by atoms with Crippen molar-refractivity contribution in [2.24, 2.45) is 0 Å². The van der Waals surface area contributed by atoms with E-state index in [4.69, 9.17) is 4.74 Å². The maximum Gasteiger partial charge on any atom is 0.306 e. The third kappa shape index (κ3) is 47.6. The molecular weight excluding hydrogens is 803 g/mol. The van der Waals surface area contributed by atoms with E-state index < -0.39 is 18.2 Å². The van der Waals surface area contributed by atoms with Crippen LogP contribution < -0.4 is 5.32 Å². The molecule has 376 valence electrons. The van der Waals surface area contributed by atoms with E-state index >= 15 is 0 Å². The van der Waals surface area contributed by atoms with Crippen LogP contribution in [0.15, 0.2) is 72.9 Å². The second-order valence-electron chi connectivity index (χ2n) is 18.8.